The van der Waals surface area contributed by atoms with Crippen molar-refractivity contribution in [3.05, 3.63) is 89.9 Å². The summed E-state index contributed by atoms with van der Waals surface area (Å²) in [7, 11) is 3.48. The zero-order valence-electron chi connectivity index (χ0n) is 22.0. The van der Waals surface area contributed by atoms with Gasteiger partial charge in [-0.1, -0.05) is 30.3 Å². The first-order valence-electron chi connectivity index (χ1n) is 12.2. The Morgan fingerprint density at radius 1 is 1.10 bits per heavy atom. The highest BCUT2D eigenvalue weighted by atomic mass is 16.4. The number of oxazole rings is 1. The van der Waals surface area contributed by atoms with Crippen molar-refractivity contribution in [2.75, 3.05) is 7.05 Å². The molecular formula is C27H26N8O5. The van der Waals surface area contributed by atoms with Crippen molar-refractivity contribution < 1.29 is 23.5 Å². The lowest BCUT2D eigenvalue weighted by Crippen LogP contribution is -2.44. The molecule has 0 aliphatic rings. The normalized spacial score (nSPS) is 12.6. The molecule has 13 heteroatoms. The van der Waals surface area contributed by atoms with E-state index in [1.165, 1.54) is 18.5 Å². The molecule has 40 heavy (non-hydrogen) atoms. The van der Waals surface area contributed by atoms with Crippen LogP contribution < -0.4 is 5.32 Å². The average Bonchev–Trinajstić information content (AvgIpc) is 3.71. The Morgan fingerprint density at radius 2 is 1.85 bits per heavy atom. The fourth-order valence-electron chi connectivity index (χ4n) is 4.31. The number of amides is 2. The summed E-state index contributed by atoms with van der Waals surface area (Å²) in [5.41, 5.74) is 1.28. The van der Waals surface area contributed by atoms with E-state index < -0.39 is 11.6 Å². The lowest BCUT2D eigenvalue weighted by atomic mass is 9.93. The Kier molecular flexibility index (Phi) is 7.10. The first-order chi connectivity index (χ1) is 19.2. The fraction of sp³-hybridized carbons (Fsp3) is 0.222. The van der Waals surface area contributed by atoms with E-state index in [0.717, 1.165) is 11.1 Å². The van der Waals surface area contributed by atoms with E-state index in [0.29, 0.717) is 12.1 Å². The van der Waals surface area contributed by atoms with E-state index >= 15 is 0 Å². The van der Waals surface area contributed by atoms with Crippen LogP contribution in [0.1, 0.15) is 34.3 Å². The quantitative estimate of drug-likeness (QED) is 0.281. The van der Waals surface area contributed by atoms with Gasteiger partial charge < -0.3 is 24.2 Å². The van der Waals surface area contributed by atoms with Crippen molar-refractivity contribution in [1.29, 1.82) is 0 Å². The Bertz CT molecular complexity index is 1630. The molecule has 5 aromatic rings. The summed E-state index contributed by atoms with van der Waals surface area (Å²) in [6.45, 7) is 1.99. The summed E-state index contributed by atoms with van der Waals surface area (Å²) in [5.74, 6) is -0.0500. The van der Waals surface area contributed by atoms with Crippen LogP contribution in [0.4, 0.5) is 4.79 Å². The number of carboxylic acid groups (broad SMARTS) is 1. The van der Waals surface area contributed by atoms with Crippen LogP contribution in [0.15, 0.2) is 76.2 Å². The summed E-state index contributed by atoms with van der Waals surface area (Å²) >= 11 is 0. The number of aromatic nitrogens is 6. The van der Waals surface area contributed by atoms with Crippen LogP contribution in [-0.4, -0.2) is 59.0 Å². The number of nitrogens with zero attached hydrogens (tertiary/aromatic N) is 7. The van der Waals surface area contributed by atoms with E-state index in [9.17, 15) is 14.7 Å². The molecule has 0 unspecified atom stereocenters. The molecule has 1 aromatic carbocycles. The molecule has 0 radical (unpaired) electrons. The standard InChI is InChI=1S/C27H26N8O5/c1-27(31-26(37)38,13-17-7-5-4-6-8-17)25-33-32-23(40-25)21-12-19(11-20(30-21)22-28-9-10-39-22)24(36)34(2)15-18-14-29-35(3)16-18/h4-12,14,16,31H,13,15H2,1-3H3,(H,37,38)/t27-/m1/s1. The number of hydrogen-bond acceptors (Lipinski definition) is 9. The molecule has 1 atom stereocenters. The van der Waals surface area contributed by atoms with E-state index in [4.69, 9.17) is 8.83 Å². The Morgan fingerprint density at radius 3 is 2.50 bits per heavy atom. The van der Waals surface area contributed by atoms with Crippen LogP contribution in [0.5, 0.6) is 0 Å². The molecule has 0 bridgehead atoms. The minimum Gasteiger partial charge on any atom is -0.465 e. The van der Waals surface area contributed by atoms with Crippen molar-refractivity contribution in [2.24, 2.45) is 7.05 Å². The second-order valence-electron chi connectivity index (χ2n) is 9.48. The molecule has 5 rings (SSSR count). The summed E-state index contributed by atoms with van der Waals surface area (Å²) in [4.78, 5) is 35.3. The number of benzene rings is 1. The third-order valence-corrected chi connectivity index (χ3v) is 6.15. The third kappa shape index (κ3) is 5.72. The summed E-state index contributed by atoms with van der Waals surface area (Å²) in [5, 5.41) is 24.5. The maximum atomic E-state index is 13.4. The lowest BCUT2D eigenvalue weighted by molar-refractivity contribution is 0.0785. The van der Waals surface area contributed by atoms with Gasteiger partial charge in [-0.2, -0.15) is 5.10 Å². The molecule has 0 fully saturated rings. The minimum absolute atomic E-state index is 0.00107. The minimum atomic E-state index is -1.24. The molecule has 0 saturated heterocycles. The van der Waals surface area contributed by atoms with Gasteiger partial charge in [-0.3, -0.25) is 9.48 Å². The third-order valence-electron chi connectivity index (χ3n) is 6.15. The number of pyridine rings is 1. The number of hydrogen-bond donors (Lipinski definition) is 2. The summed E-state index contributed by atoms with van der Waals surface area (Å²) in [6, 6.07) is 12.4. The highest BCUT2D eigenvalue weighted by molar-refractivity contribution is 5.95. The van der Waals surface area contributed by atoms with Gasteiger partial charge in [-0.05, 0) is 24.6 Å². The second-order valence-corrected chi connectivity index (χ2v) is 9.48. The molecular weight excluding hydrogens is 516 g/mol. The first kappa shape index (κ1) is 26.3. The monoisotopic (exact) mass is 542 g/mol. The van der Waals surface area contributed by atoms with Gasteiger partial charge in [0, 0.05) is 44.4 Å². The molecule has 204 valence electrons. The fourth-order valence-corrected chi connectivity index (χ4v) is 4.31. The predicted molar refractivity (Wildman–Crippen MR) is 141 cm³/mol. The van der Waals surface area contributed by atoms with Crippen LogP contribution in [0, 0.1) is 0 Å². The van der Waals surface area contributed by atoms with Gasteiger partial charge in [0.15, 0.2) is 0 Å². The van der Waals surface area contributed by atoms with Gasteiger partial charge in [0.2, 0.25) is 11.8 Å². The number of aryl methyl sites for hydroxylation is 1. The molecule has 2 amide bonds. The van der Waals surface area contributed by atoms with E-state index in [-0.39, 0.29) is 41.4 Å². The molecule has 0 spiro atoms. The molecule has 0 aliphatic carbocycles. The van der Waals surface area contributed by atoms with Gasteiger partial charge in [0.1, 0.15) is 23.2 Å². The van der Waals surface area contributed by atoms with Crippen molar-refractivity contribution >= 4 is 12.0 Å². The van der Waals surface area contributed by atoms with Gasteiger partial charge in [-0.25, -0.2) is 14.8 Å². The zero-order valence-corrected chi connectivity index (χ0v) is 22.0. The Hall–Kier alpha value is -5.33. The molecule has 4 aromatic heterocycles. The predicted octanol–water partition coefficient (Wildman–Crippen LogP) is 3.52. The van der Waals surface area contributed by atoms with E-state index in [1.54, 1.807) is 42.9 Å². The molecule has 13 nitrogen and oxygen atoms in total. The lowest BCUT2D eigenvalue weighted by Gasteiger charge is -2.25. The number of rotatable bonds is 9. The second kappa shape index (κ2) is 10.8. The maximum absolute atomic E-state index is 13.4. The average molecular weight is 543 g/mol. The Labute approximate surface area is 228 Å². The zero-order chi connectivity index (χ0) is 28.3. The van der Waals surface area contributed by atoms with Crippen molar-refractivity contribution in [3.8, 4) is 23.2 Å². The highest BCUT2D eigenvalue weighted by Crippen LogP contribution is 2.29. The van der Waals surface area contributed by atoms with Gasteiger partial charge in [0.25, 0.3) is 11.8 Å². The van der Waals surface area contributed by atoms with Crippen molar-refractivity contribution in [3.63, 3.8) is 0 Å². The van der Waals surface area contributed by atoms with Crippen LogP contribution in [-0.2, 0) is 25.6 Å². The summed E-state index contributed by atoms with van der Waals surface area (Å²) < 4.78 is 13.1. The number of carbonyl (C=O) groups is 2. The summed E-state index contributed by atoms with van der Waals surface area (Å²) in [6.07, 6.45) is 5.41. The highest BCUT2D eigenvalue weighted by Gasteiger charge is 2.35. The number of nitrogens with one attached hydrogen (secondary N) is 1. The van der Waals surface area contributed by atoms with Gasteiger partial charge in [-0.15, -0.1) is 10.2 Å². The molecule has 0 aliphatic heterocycles. The topological polar surface area (TPSA) is 165 Å². The van der Waals surface area contributed by atoms with Gasteiger partial charge in [0.05, 0.1) is 12.4 Å². The van der Waals surface area contributed by atoms with Crippen molar-refractivity contribution in [1.82, 2.24) is 40.2 Å². The van der Waals surface area contributed by atoms with E-state index in [1.807, 2.05) is 36.5 Å². The smallest absolute Gasteiger partial charge is 0.405 e. The first-order valence-corrected chi connectivity index (χ1v) is 12.2. The van der Waals surface area contributed by atoms with Gasteiger partial charge >= 0.3 is 6.09 Å². The maximum Gasteiger partial charge on any atom is 0.405 e. The SMILES string of the molecule is CN(Cc1cnn(C)c1)C(=O)c1cc(-c2ncco2)nc(-c2nnc([C@@](C)(Cc3ccccc3)NC(=O)O)o2)c1. The van der Waals surface area contributed by atoms with E-state index in [2.05, 4.69) is 30.6 Å². The Balaban J connectivity index is 1.50. The number of carbonyl (C=O) groups excluding carboxylic acids is 1. The molecule has 4 heterocycles. The van der Waals surface area contributed by atoms with Crippen LogP contribution in [0.3, 0.4) is 0 Å². The van der Waals surface area contributed by atoms with Crippen LogP contribution in [0.25, 0.3) is 23.2 Å². The van der Waals surface area contributed by atoms with Crippen LogP contribution in [0.2, 0.25) is 0 Å². The van der Waals surface area contributed by atoms with Crippen molar-refractivity contribution in [2.45, 2.75) is 25.4 Å². The molecule has 2 N–H and O–H groups in total. The molecule has 0 saturated carbocycles. The largest absolute Gasteiger partial charge is 0.465 e. The van der Waals surface area contributed by atoms with Crippen LogP contribution >= 0.6 is 0 Å².